The van der Waals surface area contributed by atoms with Crippen molar-refractivity contribution >= 4 is 69.0 Å². The van der Waals surface area contributed by atoms with Crippen molar-refractivity contribution in [1.82, 2.24) is 15.2 Å². The van der Waals surface area contributed by atoms with Crippen LogP contribution >= 0.6 is 34.4 Å². The maximum Gasteiger partial charge on any atom is 0.352 e. The molecule has 0 aliphatic carbocycles. The molecule has 2 aromatic rings. The zero-order valence-corrected chi connectivity index (χ0v) is 19.9. The lowest BCUT2D eigenvalue weighted by Crippen LogP contribution is -2.71. The van der Waals surface area contributed by atoms with Crippen LogP contribution < -0.4 is 11.1 Å². The Morgan fingerprint density at radius 1 is 1.38 bits per heavy atom. The number of aromatic nitrogens is 1. The molecular formula is C19H17N5O7S3. The number of thiophene rings is 1. The van der Waals surface area contributed by atoms with Crippen LogP contribution in [0, 0.1) is 0 Å². The van der Waals surface area contributed by atoms with Gasteiger partial charge in [-0.05, 0) is 11.4 Å². The summed E-state index contributed by atoms with van der Waals surface area (Å²) in [6.07, 6.45) is 0. The average molecular weight is 524 g/mol. The maximum atomic E-state index is 12.8. The van der Waals surface area contributed by atoms with Crippen LogP contribution in [0.5, 0.6) is 0 Å². The van der Waals surface area contributed by atoms with Gasteiger partial charge < -0.3 is 25.7 Å². The minimum Gasteiger partial charge on any atom is -0.477 e. The van der Waals surface area contributed by atoms with E-state index >= 15 is 0 Å². The number of amides is 2. The molecule has 15 heteroatoms. The first kappa shape index (κ1) is 23.7. The Balaban J connectivity index is 1.47. The second kappa shape index (κ2) is 9.82. The summed E-state index contributed by atoms with van der Waals surface area (Å²) in [5.74, 6) is -3.04. The van der Waals surface area contributed by atoms with E-state index < -0.39 is 35.2 Å². The van der Waals surface area contributed by atoms with Gasteiger partial charge in [-0.15, -0.1) is 34.4 Å². The molecule has 12 nitrogen and oxygen atoms in total. The number of fused-ring (bicyclic) bond motifs is 1. The van der Waals surface area contributed by atoms with Gasteiger partial charge in [-0.2, -0.15) is 0 Å². The minimum atomic E-state index is -1.33. The first-order valence-electron chi connectivity index (χ1n) is 9.55. The number of hydrogen-bond donors (Lipinski definition) is 3. The van der Waals surface area contributed by atoms with E-state index in [-0.39, 0.29) is 40.2 Å². The number of oxime groups is 1. The molecule has 1 fully saturated rings. The summed E-state index contributed by atoms with van der Waals surface area (Å²) in [4.78, 5) is 59.8. The first-order chi connectivity index (χ1) is 16.3. The number of carboxylic acid groups (broad SMARTS) is 1. The molecular weight excluding hydrogens is 506 g/mol. The monoisotopic (exact) mass is 523 g/mol. The molecule has 2 aliphatic rings. The zero-order chi connectivity index (χ0) is 24.4. The third-order valence-corrected chi connectivity index (χ3v) is 7.66. The van der Waals surface area contributed by atoms with Gasteiger partial charge in [0.25, 0.3) is 11.8 Å². The van der Waals surface area contributed by atoms with Gasteiger partial charge >= 0.3 is 11.9 Å². The molecule has 1 saturated heterocycles. The van der Waals surface area contributed by atoms with Crippen LogP contribution in [0.25, 0.3) is 0 Å². The van der Waals surface area contributed by atoms with Crippen molar-refractivity contribution in [1.29, 1.82) is 0 Å². The highest BCUT2D eigenvalue weighted by molar-refractivity contribution is 8.00. The van der Waals surface area contributed by atoms with E-state index in [2.05, 4.69) is 15.5 Å². The minimum absolute atomic E-state index is 0.169. The van der Waals surface area contributed by atoms with Gasteiger partial charge in [-0.1, -0.05) is 11.2 Å². The number of thiazole rings is 1. The summed E-state index contributed by atoms with van der Waals surface area (Å²) in [6, 6.07) is 2.31. The predicted molar refractivity (Wildman–Crippen MR) is 124 cm³/mol. The number of rotatable bonds is 8. The highest BCUT2D eigenvalue weighted by Gasteiger charge is 2.54. The number of aliphatic carboxylic acids is 1. The lowest BCUT2D eigenvalue weighted by molar-refractivity contribution is -0.150. The van der Waals surface area contributed by atoms with Gasteiger partial charge in [0.15, 0.2) is 10.8 Å². The van der Waals surface area contributed by atoms with Crippen LogP contribution in [0.1, 0.15) is 15.4 Å². The molecule has 4 heterocycles. The number of carbonyl (C=O) groups is 4. The summed E-state index contributed by atoms with van der Waals surface area (Å²) in [7, 11) is 1.26. The van der Waals surface area contributed by atoms with Crippen molar-refractivity contribution in [3.8, 4) is 0 Å². The van der Waals surface area contributed by atoms with Crippen LogP contribution in [0.15, 0.2) is 39.3 Å². The number of β-lactam (4-membered cyclic amide) rings is 1. The molecule has 4 N–H and O–H groups in total. The quantitative estimate of drug-likeness (QED) is 0.194. The van der Waals surface area contributed by atoms with Gasteiger partial charge in [-0.3, -0.25) is 14.5 Å². The lowest BCUT2D eigenvalue weighted by Gasteiger charge is -2.49. The number of hydrogen-bond acceptors (Lipinski definition) is 12. The molecule has 0 saturated carbocycles. The van der Waals surface area contributed by atoms with E-state index in [9.17, 15) is 24.3 Å². The van der Waals surface area contributed by atoms with Crippen LogP contribution in [-0.4, -0.2) is 75.3 Å². The summed E-state index contributed by atoms with van der Waals surface area (Å²) in [5, 5.41) is 18.8. The topological polar surface area (TPSA) is 174 Å². The van der Waals surface area contributed by atoms with Gasteiger partial charge in [-0.25, -0.2) is 14.6 Å². The van der Waals surface area contributed by atoms with Gasteiger partial charge in [0.05, 0.1) is 0 Å². The summed E-state index contributed by atoms with van der Waals surface area (Å²) in [6.45, 7) is -0.269. The normalized spacial score (nSPS) is 19.9. The van der Waals surface area contributed by atoms with Crippen LogP contribution in [0.4, 0.5) is 5.13 Å². The van der Waals surface area contributed by atoms with Crippen molar-refractivity contribution in [3.05, 3.63) is 44.7 Å². The van der Waals surface area contributed by atoms with E-state index in [1.807, 2.05) is 0 Å². The van der Waals surface area contributed by atoms with Crippen molar-refractivity contribution < 1.29 is 33.9 Å². The second-order valence-electron chi connectivity index (χ2n) is 6.87. The van der Waals surface area contributed by atoms with E-state index in [0.717, 1.165) is 16.2 Å². The van der Waals surface area contributed by atoms with Gasteiger partial charge in [0.1, 0.15) is 41.4 Å². The standard InChI is InChI=1S/C19H17N5O7S3/c1-30-23-11(9-7-34-19(20)21-9)14(25)22-12-15(26)24-13(17(27)28)8(6-33-16(12)24)5-31-18(29)10-3-2-4-32-10/h2-4,7,12,16H,5-6H2,1H3,(H2,20,21)(H,22,25)(H,27,28)/b23-11+/t12?,16-/m1/s1. The Kier molecular flexibility index (Phi) is 6.85. The van der Waals surface area contributed by atoms with Crippen LogP contribution in [-0.2, 0) is 24.0 Å². The Morgan fingerprint density at radius 3 is 2.79 bits per heavy atom. The molecule has 2 aromatic heterocycles. The van der Waals surface area contributed by atoms with Crippen molar-refractivity contribution in [2.45, 2.75) is 11.4 Å². The molecule has 1 unspecified atom stereocenters. The number of nitrogens with two attached hydrogens (primary N) is 1. The van der Waals surface area contributed by atoms with Crippen LogP contribution in [0.3, 0.4) is 0 Å². The highest BCUT2D eigenvalue weighted by atomic mass is 32.2. The second-order valence-corrected chi connectivity index (χ2v) is 9.81. The number of carbonyl (C=O) groups excluding carboxylic acids is 3. The van der Waals surface area contributed by atoms with Gasteiger partial charge in [0.2, 0.25) is 0 Å². The van der Waals surface area contributed by atoms with E-state index in [1.54, 1.807) is 17.5 Å². The maximum absolute atomic E-state index is 12.8. The number of nitrogens with one attached hydrogen (secondary N) is 1. The molecule has 0 bridgehead atoms. The Hall–Kier alpha value is -3.43. The molecule has 0 aromatic carbocycles. The van der Waals surface area contributed by atoms with Crippen LogP contribution in [0.2, 0.25) is 0 Å². The average Bonchev–Trinajstić information content (AvgIpc) is 3.50. The number of nitrogens with zero attached hydrogens (tertiary/aromatic N) is 3. The summed E-state index contributed by atoms with van der Waals surface area (Å²) >= 11 is 3.56. The Bertz CT molecular complexity index is 1210. The Labute approximate surface area is 204 Å². The molecule has 4 rings (SSSR count). The fourth-order valence-corrected chi connectivity index (χ4v) is 5.81. The molecule has 2 atom stereocenters. The predicted octanol–water partition coefficient (Wildman–Crippen LogP) is 0.733. The van der Waals surface area contributed by atoms with E-state index in [0.29, 0.717) is 4.88 Å². The molecule has 34 heavy (non-hydrogen) atoms. The first-order valence-corrected chi connectivity index (χ1v) is 12.4. The fraction of sp³-hybridized carbons (Fsp3) is 0.263. The number of anilines is 1. The molecule has 0 radical (unpaired) electrons. The molecule has 2 amide bonds. The van der Waals surface area contributed by atoms with E-state index in [1.165, 1.54) is 35.6 Å². The smallest absolute Gasteiger partial charge is 0.352 e. The highest BCUT2D eigenvalue weighted by Crippen LogP contribution is 2.40. The number of nitrogen functional groups attached to an aromatic ring is 1. The molecule has 0 spiro atoms. The van der Waals surface area contributed by atoms with Crippen molar-refractivity contribution in [2.75, 3.05) is 25.2 Å². The zero-order valence-electron chi connectivity index (χ0n) is 17.4. The van der Waals surface area contributed by atoms with E-state index in [4.69, 9.17) is 15.3 Å². The number of ether oxygens (including phenoxy) is 1. The summed E-state index contributed by atoms with van der Waals surface area (Å²) in [5.41, 5.74) is 5.66. The largest absolute Gasteiger partial charge is 0.477 e. The number of thioether (sulfide) groups is 1. The van der Waals surface area contributed by atoms with Crippen molar-refractivity contribution in [3.63, 3.8) is 0 Å². The summed E-state index contributed by atoms with van der Waals surface area (Å²) < 4.78 is 5.23. The molecule has 2 aliphatic heterocycles. The molecule has 178 valence electrons. The third kappa shape index (κ3) is 4.49. The third-order valence-electron chi connectivity index (χ3n) is 4.80. The Morgan fingerprint density at radius 2 is 2.18 bits per heavy atom. The SMILES string of the molecule is CO/N=C(/C(=O)NC1C(=O)N2C(C(=O)O)=C(COC(=O)c3cccs3)CS[C@H]12)c1csc(N)n1. The number of esters is 1. The van der Waals surface area contributed by atoms with Crippen molar-refractivity contribution in [2.24, 2.45) is 5.16 Å². The van der Waals surface area contributed by atoms with Gasteiger partial charge in [0, 0.05) is 16.7 Å². The number of carboxylic acids is 1. The fourth-order valence-electron chi connectivity index (χ4n) is 3.31. The lowest BCUT2D eigenvalue weighted by atomic mass is 10.0.